The minimum absolute atomic E-state index is 0.00204. The van der Waals surface area contributed by atoms with E-state index in [9.17, 15) is 0 Å². The van der Waals surface area contributed by atoms with Crippen molar-refractivity contribution in [2.45, 2.75) is 90.1 Å². The molecule has 1 aliphatic rings. The van der Waals surface area contributed by atoms with Gasteiger partial charge in [-0.3, -0.25) is 0 Å². The SMILES string of the molecule is COc1ccc(CO[C@@H](C/C(I)=C\CO[Si](c2ccccc2)(c2ccccc2)C(C)(C)C)C[C@H]2OC(C)(C)O[C@@H]2C)cc1. The number of hydrogen-bond acceptors (Lipinski definition) is 5. The number of methoxy groups -OCH3 is 1. The lowest BCUT2D eigenvalue weighted by Gasteiger charge is -2.42. The Hall–Kier alpha value is -2.01. The molecule has 0 saturated carbocycles. The molecule has 3 atom stereocenters. The van der Waals surface area contributed by atoms with Crippen LogP contribution in [0, 0.1) is 0 Å². The number of ether oxygens (including phenoxy) is 4. The lowest BCUT2D eigenvalue weighted by molar-refractivity contribution is -0.148. The van der Waals surface area contributed by atoms with Crippen molar-refractivity contribution in [2.24, 2.45) is 0 Å². The van der Waals surface area contributed by atoms with E-state index >= 15 is 0 Å². The van der Waals surface area contributed by atoms with Gasteiger partial charge in [0.1, 0.15) is 5.75 Å². The third-order valence-corrected chi connectivity index (χ3v) is 13.9. The Labute approximate surface area is 273 Å². The summed E-state index contributed by atoms with van der Waals surface area (Å²) in [5, 5.41) is 2.50. The van der Waals surface area contributed by atoms with Crippen LogP contribution < -0.4 is 15.1 Å². The summed E-state index contributed by atoms with van der Waals surface area (Å²) in [6.07, 6.45) is 3.67. The van der Waals surface area contributed by atoms with E-state index in [2.05, 4.69) is 129 Å². The number of halogens is 1. The number of hydrogen-bond donors (Lipinski definition) is 0. The van der Waals surface area contributed by atoms with Crippen molar-refractivity contribution >= 4 is 41.3 Å². The molecule has 0 aliphatic carbocycles. The van der Waals surface area contributed by atoms with Gasteiger partial charge in [-0.1, -0.05) is 99.6 Å². The normalized spacial score (nSPS) is 19.8. The molecule has 0 bridgehead atoms. The Bertz CT molecular complexity index is 1270. The van der Waals surface area contributed by atoms with Gasteiger partial charge in [-0.25, -0.2) is 0 Å². The highest BCUT2D eigenvalue weighted by atomic mass is 127. The molecular weight excluding hydrogens is 667 g/mol. The Morgan fingerprint density at radius 1 is 0.930 bits per heavy atom. The van der Waals surface area contributed by atoms with E-state index in [1.54, 1.807) is 7.11 Å². The third kappa shape index (κ3) is 8.80. The first-order chi connectivity index (χ1) is 20.4. The predicted molar refractivity (Wildman–Crippen MR) is 186 cm³/mol. The molecule has 1 heterocycles. The zero-order chi connectivity index (χ0) is 31.1. The molecule has 232 valence electrons. The second kappa shape index (κ2) is 14.8. The van der Waals surface area contributed by atoms with E-state index in [1.165, 1.54) is 14.0 Å². The smallest absolute Gasteiger partial charge is 0.261 e. The van der Waals surface area contributed by atoms with Crippen LogP contribution in [0.3, 0.4) is 0 Å². The molecule has 0 radical (unpaired) electrons. The van der Waals surface area contributed by atoms with Crippen LogP contribution in [0.4, 0.5) is 0 Å². The van der Waals surface area contributed by atoms with Gasteiger partial charge in [-0.2, -0.15) is 0 Å². The van der Waals surface area contributed by atoms with Gasteiger partial charge in [0.2, 0.25) is 0 Å². The fourth-order valence-corrected chi connectivity index (χ4v) is 11.1. The Balaban J connectivity index is 1.52. The summed E-state index contributed by atoms with van der Waals surface area (Å²) in [6.45, 7) is 14.0. The van der Waals surface area contributed by atoms with Gasteiger partial charge in [0.05, 0.1) is 38.6 Å². The van der Waals surface area contributed by atoms with Crippen molar-refractivity contribution in [3.63, 3.8) is 0 Å². The summed E-state index contributed by atoms with van der Waals surface area (Å²) < 4.78 is 32.5. The first-order valence-electron chi connectivity index (χ1n) is 15.1. The topological polar surface area (TPSA) is 46.2 Å². The van der Waals surface area contributed by atoms with Crippen LogP contribution >= 0.6 is 22.6 Å². The summed E-state index contributed by atoms with van der Waals surface area (Å²) in [4.78, 5) is 0. The monoisotopic (exact) mass is 714 g/mol. The van der Waals surface area contributed by atoms with E-state index in [-0.39, 0.29) is 23.4 Å². The van der Waals surface area contributed by atoms with Crippen molar-refractivity contribution in [3.05, 3.63) is 100 Å². The van der Waals surface area contributed by atoms with Crippen molar-refractivity contribution < 1.29 is 23.4 Å². The molecule has 5 nitrogen and oxygen atoms in total. The fraction of sp³-hybridized carbons (Fsp3) is 0.444. The average Bonchev–Trinajstić information content (AvgIpc) is 3.24. The fourth-order valence-electron chi connectivity index (χ4n) is 5.98. The maximum absolute atomic E-state index is 7.11. The summed E-state index contributed by atoms with van der Waals surface area (Å²) in [5.74, 6) is 0.253. The van der Waals surface area contributed by atoms with Crippen molar-refractivity contribution in [2.75, 3.05) is 13.7 Å². The molecule has 1 saturated heterocycles. The van der Waals surface area contributed by atoms with Gasteiger partial charge in [-0.15, -0.1) is 0 Å². The standard InChI is InChI=1S/C36H47IO5Si/c1-27-34(42-36(5,6)41-27)25-31(39-26-28-18-20-30(38-7)21-19-28)24-29(37)22-23-40-43(35(2,3)4,32-14-10-8-11-15-32)33-16-12-9-13-17-33/h8-22,27,31,34H,23-26H2,1-7H3/b29-22+/t27-,31+,34-/m1/s1. The lowest BCUT2D eigenvalue weighted by atomic mass is 10.0. The first kappa shape index (κ1) is 33.9. The molecule has 1 fully saturated rings. The van der Waals surface area contributed by atoms with Crippen LogP contribution in [0.1, 0.15) is 59.9 Å². The van der Waals surface area contributed by atoms with Gasteiger partial charge in [0, 0.05) is 12.8 Å². The molecule has 0 N–H and O–H groups in total. The van der Waals surface area contributed by atoms with Crippen LogP contribution in [-0.4, -0.2) is 46.1 Å². The molecule has 3 aromatic rings. The molecule has 0 unspecified atom stereocenters. The number of rotatable bonds is 13. The summed E-state index contributed by atoms with van der Waals surface area (Å²) in [7, 11) is -0.924. The molecule has 3 aromatic carbocycles. The quantitative estimate of drug-likeness (QED) is 0.134. The second-order valence-electron chi connectivity index (χ2n) is 12.7. The van der Waals surface area contributed by atoms with Crippen molar-refractivity contribution in [1.29, 1.82) is 0 Å². The summed E-state index contributed by atoms with van der Waals surface area (Å²) >= 11 is 2.45. The van der Waals surface area contributed by atoms with Gasteiger partial charge >= 0.3 is 0 Å². The molecular formula is C36H47IO5Si. The van der Waals surface area contributed by atoms with Gasteiger partial charge in [0.15, 0.2) is 5.79 Å². The van der Waals surface area contributed by atoms with E-state index < -0.39 is 14.1 Å². The zero-order valence-corrected chi connectivity index (χ0v) is 29.8. The molecule has 0 aromatic heterocycles. The Morgan fingerprint density at radius 3 is 2.00 bits per heavy atom. The van der Waals surface area contributed by atoms with Gasteiger partial charge < -0.3 is 23.4 Å². The first-order valence-corrected chi connectivity index (χ1v) is 18.1. The largest absolute Gasteiger partial charge is 0.497 e. The molecule has 7 heteroatoms. The minimum Gasteiger partial charge on any atom is -0.497 e. The van der Waals surface area contributed by atoms with E-state index in [4.69, 9.17) is 23.4 Å². The van der Waals surface area contributed by atoms with Crippen LogP contribution in [0.25, 0.3) is 0 Å². The zero-order valence-electron chi connectivity index (χ0n) is 26.6. The third-order valence-electron chi connectivity index (χ3n) is 8.01. The summed E-state index contributed by atoms with van der Waals surface area (Å²) in [6, 6.07) is 29.6. The average molecular weight is 715 g/mol. The second-order valence-corrected chi connectivity index (χ2v) is 18.4. The molecule has 4 rings (SSSR count). The van der Waals surface area contributed by atoms with Crippen molar-refractivity contribution in [3.8, 4) is 5.75 Å². The van der Waals surface area contributed by atoms with E-state index in [0.717, 1.165) is 24.2 Å². The van der Waals surface area contributed by atoms with E-state index in [1.807, 2.05) is 26.0 Å². The highest BCUT2D eigenvalue weighted by Crippen LogP contribution is 2.37. The Morgan fingerprint density at radius 2 is 1.51 bits per heavy atom. The molecule has 43 heavy (non-hydrogen) atoms. The van der Waals surface area contributed by atoms with Crippen LogP contribution in [-0.2, 0) is 25.2 Å². The molecule has 1 aliphatic heterocycles. The maximum Gasteiger partial charge on any atom is 0.261 e. The summed E-state index contributed by atoms with van der Waals surface area (Å²) in [5.41, 5.74) is 1.11. The number of benzene rings is 3. The minimum atomic E-state index is -2.60. The molecule has 0 spiro atoms. The molecule has 0 amide bonds. The Kier molecular flexibility index (Phi) is 11.7. The van der Waals surface area contributed by atoms with Crippen molar-refractivity contribution in [1.82, 2.24) is 0 Å². The lowest BCUT2D eigenvalue weighted by Crippen LogP contribution is -2.66. The van der Waals surface area contributed by atoms with Crippen LogP contribution in [0.15, 0.2) is 94.6 Å². The predicted octanol–water partition coefficient (Wildman–Crippen LogP) is 7.80. The van der Waals surface area contributed by atoms with Gasteiger partial charge in [0.25, 0.3) is 8.32 Å². The highest BCUT2D eigenvalue weighted by molar-refractivity contribution is 14.1. The highest BCUT2D eigenvalue weighted by Gasteiger charge is 2.50. The maximum atomic E-state index is 7.11. The van der Waals surface area contributed by atoms with Gasteiger partial charge in [-0.05, 0) is 80.0 Å². The van der Waals surface area contributed by atoms with E-state index in [0.29, 0.717) is 13.2 Å². The van der Waals surface area contributed by atoms with Crippen LogP contribution in [0.5, 0.6) is 5.75 Å². The van der Waals surface area contributed by atoms with Crippen LogP contribution in [0.2, 0.25) is 5.04 Å².